The number of nitrogens with two attached hydrogens (primary N) is 1. The van der Waals surface area contributed by atoms with E-state index in [1.807, 2.05) is 18.7 Å². The van der Waals surface area contributed by atoms with Gasteiger partial charge in [0.1, 0.15) is 0 Å². The minimum absolute atomic E-state index is 0.0531. The van der Waals surface area contributed by atoms with E-state index in [0.29, 0.717) is 12.0 Å². The molecule has 1 unspecified atom stereocenters. The number of amides is 2. The number of nitrogens with one attached hydrogen (secondary N) is 1. The van der Waals surface area contributed by atoms with Gasteiger partial charge in [-0.3, -0.25) is 9.59 Å². The highest BCUT2D eigenvalue weighted by Gasteiger charge is 2.35. The van der Waals surface area contributed by atoms with Crippen LogP contribution in [0, 0.1) is 11.8 Å². The minimum Gasteiger partial charge on any atom is -0.346 e. The van der Waals surface area contributed by atoms with E-state index in [1.165, 1.54) is 32.1 Å². The number of likely N-dealkylation sites (tertiary alicyclic amines) is 1. The molecular weight excluding hydrogens is 278 g/mol. The van der Waals surface area contributed by atoms with Gasteiger partial charge in [-0.2, -0.15) is 0 Å². The van der Waals surface area contributed by atoms with Gasteiger partial charge in [-0.15, -0.1) is 0 Å². The zero-order chi connectivity index (χ0) is 16.1. The van der Waals surface area contributed by atoms with E-state index >= 15 is 0 Å². The van der Waals surface area contributed by atoms with E-state index in [2.05, 4.69) is 5.32 Å². The Morgan fingerprint density at radius 2 is 1.82 bits per heavy atom. The van der Waals surface area contributed by atoms with Gasteiger partial charge in [0.25, 0.3) is 0 Å². The molecule has 1 saturated heterocycles. The molecule has 0 radical (unpaired) electrons. The van der Waals surface area contributed by atoms with E-state index in [-0.39, 0.29) is 24.3 Å². The van der Waals surface area contributed by atoms with Crippen molar-refractivity contribution in [3.63, 3.8) is 0 Å². The molecule has 3 N–H and O–H groups in total. The van der Waals surface area contributed by atoms with Gasteiger partial charge in [0.15, 0.2) is 0 Å². The topological polar surface area (TPSA) is 75.4 Å². The molecule has 1 aliphatic carbocycles. The van der Waals surface area contributed by atoms with Crippen molar-refractivity contribution in [2.24, 2.45) is 17.6 Å². The number of hydrogen-bond donors (Lipinski definition) is 2. The van der Waals surface area contributed by atoms with Crippen LogP contribution in [0.2, 0.25) is 0 Å². The molecule has 0 bridgehead atoms. The maximum atomic E-state index is 12.5. The number of nitrogens with zero attached hydrogens (tertiary/aromatic N) is 1. The van der Waals surface area contributed by atoms with Gasteiger partial charge in [0, 0.05) is 12.6 Å². The quantitative estimate of drug-likeness (QED) is 0.811. The summed E-state index contributed by atoms with van der Waals surface area (Å²) in [7, 11) is 0. The molecule has 5 heteroatoms. The summed E-state index contributed by atoms with van der Waals surface area (Å²) in [6.07, 6.45) is 8.63. The fraction of sp³-hybridized carbons (Fsp3) is 0.882. The molecule has 2 aliphatic rings. The highest BCUT2D eigenvalue weighted by Crippen LogP contribution is 2.34. The summed E-state index contributed by atoms with van der Waals surface area (Å²) in [6, 6.07) is -0.149. The van der Waals surface area contributed by atoms with E-state index in [9.17, 15) is 9.59 Å². The average Bonchev–Trinajstić information content (AvgIpc) is 3.01. The van der Waals surface area contributed by atoms with Crippen LogP contribution in [0.3, 0.4) is 0 Å². The summed E-state index contributed by atoms with van der Waals surface area (Å²) in [5.74, 6) is 0.569. The summed E-state index contributed by atoms with van der Waals surface area (Å²) < 4.78 is 0. The van der Waals surface area contributed by atoms with Gasteiger partial charge in [-0.1, -0.05) is 33.1 Å². The summed E-state index contributed by atoms with van der Waals surface area (Å²) in [4.78, 5) is 26.4. The largest absolute Gasteiger partial charge is 0.346 e. The molecule has 0 aromatic rings. The Labute approximate surface area is 134 Å². The predicted molar refractivity (Wildman–Crippen MR) is 87.1 cm³/mol. The zero-order valence-electron chi connectivity index (χ0n) is 14.0. The van der Waals surface area contributed by atoms with Crippen LogP contribution in [0.1, 0.15) is 58.8 Å². The smallest absolute Gasteiger partial charge is 0.242 e. The van der Waals surface area contributed by atoms with Gasteiger partial charge in [0.2, 0.25) is 11.8 Å². The van der Waals surface area contributed by atoms with Crippen molar-refractivity contribution in [3.05, 3.63) is 0 Å². The minimum atomic E-state index is -0.541. The molecule has 22 heavy (non-hydrogen) atoms. The predicted octanol–water partition coefficient (Wildman–Crippen LogP) is 1.66. The number of hydrogen-bond acceptors (Lipinski definition) is 3. The third-order valence-electron chi connectivity index (χ3n) is 5.25. The Morgan fingerprint density at radius 1 is 1.14 bits per heavy atom. The molecule has 0 spiro atoms. The summed E-state index contributed by atoms with van der Waals surface area (Å²) in [5.41, 5.74) is 5.81. The summed E-state index contributed by atoms with van der Waals surface area (Å²) in [5, 5.41) is 2.71. The van der Waals surface area contributed by atoms with Crippen LogP contribution in [-0.2, 0) is 9.59 Å². The van der Waals surface area contributed by atoms with Crippen LogP contribution >= 0.6 is 0 Å². The molecule has 2 atom stereocenters. The lowest BCUT2D eigenvalue weighted by Gasteiger charge is -2.34. The Kier molecular flexibility index (Phi) is 6.24. The summed E-state index contributed by atoms with van der Waals surface area (Å²) >= 11 is 0. The first kappa shape index (κ1) is 17.3. The second kappa shape index (κ2) is 7.95. The van der Waals surface area contributed by atoms with Gasteiger partial charge < -0.3 is 16.0 Å². The van der Waals surface area contributed by atoms with Crippen LogP contribution in [0.15, 0.2) is 0 Å². The van der Waals surface area contributed by atoms with E-state index < -0.39 is 6.04 Å². The number of carbonyl (C=O) groups excluding carboxylic acids is 2. The normalized spacial score (nSPS) is 24.5. The van der Waals surface area contributed by atoms with Crippen molar-refractivity contribution in [2.45, 2.75) is 70.9 Å². The monoisotopic (exact) mass is 309 g/mol. The van der Waals surface area contributed by atoms with Crippen molar-refractivity contribution >= 4 is 11.8 Å². The second-order valence-corrected chi connectivity index (χ2v) is 7.18. The molecule has 1 saturated carbocycles. The summed E-state index contributed by atoms with van der Waals surface area (Å²) in [6.45, 7) is 4.74. The van der Waals surface area contributed by atoms with Crippen molar-refractivity contribution in [2.75, 3.05) is 13.1 Å². The number of carbonyl (C=O) groups is 2. The van der Waals surface area contributed by atoms with Crippen LogP contribution in [0.5, 0.6) is 0 Å². The van der Waals surface area contributed by atoms with Crippen LogP contribution in [0.4, 0.5) is 0 Å². The van der Waals surface area contributed by atoms with Crippen molar-refractivity contribution in [1.29, 1.82) is 0 Å². The third-order valence-corrected chi connectivity index (χ3v) is 5.25. The second-order valence-electron chi connectivity index (χ2n) is 7.18. The third kappa shape index (κ3) is 4.22. The van der Waals surface area contributed by atoms with Crippen LogP contribution in [0.25, 0.3) is 0 Å². The average molecular weight is 309 g/mol. The molecule has 1 aliphatic heterocycles. The molecule has 0 aromatic carbocycles. The van der Waals surface area contributed by atoms with E-state index in [4.69, 9.17) is 5.73 Å². The highest BCUT2D eigenvalue weighted by molar-refractivity contribution is 5.87. The Balaban J connectivity index is 1.84. The van der Waals surface area contributed by atoms with Crippen molar-refractivity contribution < 1.29 is 9.59 Å². The van der Waals surface area contributed by atoms with Gasteiger partial charge in [0.05, 0.1) is 12.6 Å². The Morgan fingerprint density at radius 3 is 2.45 bits per heavy atom. The van der Waals surface area contributed by atoms with Crippen LogP contribution in [-0.4, -0.2) is 41.9 Å². The molecule has 0 aromatic heterocycles. The molecule has 2 rings (SSSR count). The molecule has 126 valence electrons. The fourth-order valence-electron chi connectivity index (χ4n) is 3.80. The van der Waals surface area contributed by atoms with E-state index in [1.54, 1.807) is 0 Å². The maximum Gasteiger partial charge on any atom is 0.242 e. The molecule has 5 nitrogen and oxygen atoms in total. The first-order valence-corrected chi connectivity index (χ1v) is 8.83. The number of rotatable bonds is 5. The highest BCUT2D eigenvalue weighted by atomic mass is 16.2. The lowest BCUT2D eigenvalue weighted by molar-refractivity contribution is -0.135. The standard InChI is InChI=1S/C17H31N3O2/c1-12(2)16(18)17(22)19-11-15(21)20-10-6-9-14(20)13-7-4-3-5-8-13/h12-14,16H,3-11,18H2,1-2H3,(H,19,22)/t14?,16-/m0/s1. The van der Waals surface area contributed by atoms with Gasteiger partial charge in [-0.05, 0) is 37.5 Å². The van der Waals surface area contributed by atoms with E-state index in [0.717, 1.165) is 19.4 Å². The molecule has 2 amide bonds. The Hall–Kier alpha value is -1.10. The van der Waals surface area contributed by atoms with Crippen molar-refractivity contribution in [3.8, 4) is 0 Å². The maximum absolute atomic E-state index is 12.5. The first-order chi connectivity index (χ1) is 10.5. The van der Waals surface area contributed by atoms with Crippen molar-refractivity contribution in [1.82, 2.24) is 10.2 Å². The lowest BCUT2D eigenvalue weighted by Crippen LogP contribution is -2.49. The lowest BCUT2D eigenvalue weighted by atomic mass is 9.83. The SMILES string of the molecule is CC(C)[C@H](N)C(=O)NCC(=O)N1CCCC1C1CCCCC1. The fourth-order valence-corrected chi connectivity index (χ4v) is 3.80. The zero-order valence-corrected chi connectivity index (χ0v) is 14.0. The molecule has 1 heterocycles. The Bertz CT molecular complexity index is 391. The molecular formula is C17H31N3O2. The molecule has 2 fully saturated rings. The first-order valence-electron chi connectivity index (χ1n) is 8.83. The van der Waals surface area contributed by atoms with Gasteiger partial charge in [-0.25, -0.2) is 0 Å². The van der Waals surface area contributed by atoms with Crippen LogP contribution < -0.4 is 11.1 Å². The van der Waals surface area contributed by atoms with Gasteiger partial charge >= 0.3 is 0 Å².